The van der Waals surface area contributed by atoms with Crippen molar-refractivity contribution in [2.75, 3.05) is 0 Å². The van der Waals surface area contributed by atoms with Gasteiger partial charge in [-0.25, -0.2) is 4.39 Å². The average Bonchev–Trinajstić information content (AvgIpc) is 2.59. The molecule has 0 heterocycles. The van der Waals surface area contributed by atoms with Crippen molar-refractivity contribution >= 4 is 6.08 Å². The van der Waals surface area contributed by atoms with Gasteiger partial charge in [0.1, 0.15) is 0 Å². The van der Waals surface area contributed by atoms with E-state index in [4.69, 9.17) is 0 Å². The van der Waals surface area contributed by atoms with Gasteiger partial charge in [-0.05, 0) is 41.9 Å². The highest BCUT2D eigenvalue weighted by atomic mass is 19.1. The van der Waals surface area contributed by atoms with Crippen molar-refractivity contribution in [3.63, 3.8) is 0 Å². The third-order valence-corrected chi connectivity index (χ3v) is 5.51. The summed E-state index contributed by atoms with van der Waals surface area (Å²) in [4.78, 5) is 0. The molecular formula is C22H33F. The second kappa shape index (κ2) is 10.6. The number of aryl methyl sites for hydroxylation is 1. The van der Waals surface area contributed by atoms with E-state index in [2.05, 4.69) is 19.1 Å². The Balaban J connectivity index is 1.62. The predicted molar refractivity (Wildman–Crippen MR) is 99.1 cm³/mol. The molecule has 1 aliphatic carbocycles. The quantitative estimate of drug-likeness (QED) is 0.418. The lowest BCUT2D eigenvalue weighted by atomic mass is 9.77. The van der Waals surface area contributed by atoms with Gasteiger partial charge in [-0.3, -0.25) is 0 Å². The molecule has 0 spiro atoms. The van der Waals surface area contributed by atoms with Crippen molar-refractivity contribution in [3.05, 3.63) is 41.7 Å². The molecule has 0 unspecified atom stereocenters. The molecule has 0 atom stereocenters. The van der Waals surface area contributed by atoms with Crippen molar-refractivity contribution in [1.82, 2.24) is 0 Å². The van der Waals surface area contributed by atoms with Crippen molar-refractivity contribution in [3.8, 4) is 0 Å². The molecule has 23 heavy (non-hydrogen) atoms. The summed E-state index contributed by atoms with van der Waals surface area (Å²) in [5.41, 5.74) is 2.34. The van der Waals surface area contributed by atoms with Crippen LogP contribution in [0.4, 0.5) is 4.39 Å². The number of rotatable bonds is 9. The van der Waals surface area contributed by atoms with Crippen LogP contribution in [0.2, 0.25) is 0 Å². The highest BCUT2D eigenvalue weighted by molar-refractivity contribution is 5.48. The van der Waals surface area contributed by atoms with Crippen LogP contribution in [0.15, 0.2) is 30.6 Å². The van der Waals surface area contributed by atoms with Crippen LogP contribution in [0, 0.1) is 11.8 Å². The van der Waals surface area contributed by atoms with E-state index < -0.39 is 0 Å². The van der Waals surface area contributed by atoms with Gasteiger partial charge in [0.25, 0.3) is 0 Å². The Bertz CT molecular complexity index is 438. The van der Waals surface area contributed by atoms with Crippen molar-refractivity contribution in [2.45, 2.75) is 77.6 Å². The molecule has 1 aliphatic rings. The summed E-state index contributed by atoms with van der Waals surface area (Å²) in [6.07, 6.45) is 17.5. The number of halogens is 1. The third-order valence-electron chi connectivity index (χ3n) is 5.51. The number of hydrogen-bond donors (Lipinski definition) is 0. The monoisotopic (exact) mass is 316 g/mol. The molecule has 0 N–H and O–H groups in total. The first-order valence-electron chi connectivity index (χ1n) is 9.67. The van der Waals surface area contributed by atoms with E-state index in [-0.39, 0.29) is 0 Å². The van der Waals surface area contributed by atoms with Crippen molar-refractivity contribution in [1.29, 1.82) is 0 Å². The Labute approximate surface area is 142 Å². The van der Waals surface area contributed by atoms with Crippen LogP contribution in [-0.4, -0.2) is 0 Å². The van der Waals surface area contributed by atoms with Crippen LogP contribution in [0.1, 0.15) is 82.3 Å². The Morgan fingerprint density at radius 1 is 0.913 bits per heavy atom. The van der Waals surface area contributed by atoms with Crippen molar-refractivity contribution < 1.29 is 4.39 Å². The number of benzene rings is 1. The largest absolute Gasteiger partial charge is 0.216 e. The average molecular weight is 317 g/mol. The molecule has 0 aliphatic heterocycles. The zero-order valence-corrected chi connectivity index (χ0v) is 14.8. The molecule has 0 radical (unpaired) electrons. The fourth-order valence-corrected chi connectivity index (χ4v) is 3.91. The molecule has 0 bridgehead atoms. The first kappa shape index (κ1) is 18.2. The zero-order chi connectivity index (χ0) is 16.3. The van der Waals surface area contributed by atoms with Crippen LogP contribution in [0.25, 0.3) is 6.08 Å². The predicted octanol–water partition coefficient (Wildman–Crippen LogP) is 7.34. The second-order valence-electron chi connectivity index (χ2n) is 7.31. The third kappa shape index (κ3) is 6.89. The smallest absolute Gasteiger partial charge is 0.0872 e. The lowest BCUT2D eigenvalue weighted by molar-refractivity contribution is 0.249. The molecule has 128 valence electrons. The number of hydrogen-bond acceptors (Lipinski definition) is 0. The van der Waals surface area contributed by atoms with Gasteiger partial charge < -0.3 is 0 Å². The molecule has 2 rings (SSSR count). The first-order chi connectivity index (χ1) is 11.3. The number of unbranched alkanes of at least 4 members (excludes halogenated alkanes) is 3. The van der Waals surface area contributed by atoms with Gasteiger partial charge in [0.15, 0.2) is 0 Å². The Morgan fingerprint density at radius 3 is 2.17 bits per heavy atom. The molecule has 1 aromatic carbocycles. The van der Waals surface area contributed by atoms with E-state index >= 15 is 0 Å². The Morgan fingerprint density at radius 2 is 1.57 bits per heavy atom. The summed E-state index contributed by atoms with van der Waals surface area (Å²) in [5, 5.41) is 0. The fourth-order valence-electron chi connectivity index (χ4n) is 3.91. The van der Waals surface area contributed by atoms with E-state index in [0.717, 1.165) is 17.4 Å². The molecule has 0 nitrogen and oxygen atoms in total. The minimum Gasteiger partial charge on any atom is -0.216 e. The van der Waals surface area contributed by atoms with E-state index in [1.54, 1.807) is 0 Å². The lowest BCUT2D eigenvalue weighted by Crippen LogP contribution is -2.15. The van der Waals surface area contributed by atoms with E-state index in [1.807, 2.05) is 12.1 Å². The van der Waals surface area contributed by atoms with Gasteiger partial charge >= 0.3 is 0 Å². The molecule has 0 aromatic heterocycles. The van der Waals surface area contributed by atoms with Gasteiger partial charge in [0.2, 0.25) is 0 Å². The maximum absolute atomic E-state index is 12.1. The maximum atomic E-state index is 12.1. The molecule has 1 heteroatoms. The van der Waals surface area contributed by atoms with Gasteiger partial charge in [0.05, 0.1) is 6.33 Å². The molecule has 1 saturated carbocycles. The SMILES string of the molecule is CCCCCCC1CCC(CCc2ccc(C=CF)cc2)CC1. The molecular weight excluding hydrogens is 283 g/mol. The van der Waals surface area contributed by atoms with E-state index in [9.17, 15) is 4.39 Å². The lowest BCUT2D eigenvalue weighted by Gasteiger charge is -2.28. The normalized spacial score (nSPS) is 21.8. The van der Waals surface area contributed by atoms with E-state index in [1.165, 1.54) is 82.3 Å². The van der Waals surface area contributed by atoms with Crippen molar-refractivity contribution in [2.24, 2.45) is 11.8 Å². The van der Waals surface area contributed by atoms with Gasteiger partial charge in [-0.2, -0.15) is 0 Å². The zero-order valence-electron chi connectivity index (χ0n) is 14.8. The minimum absolute atomic E-state index is 0.607. The van der Waals surface area contributed by atoms with Crippen LogP contribution < -0.4 is 0 Å². The Hall–Kier alpha value is -1.11. The minimum atomic E-state index is 0.607. The highest BCUT2D eigenvalue weighted by Gasteiger charge is 2.20. The van der Waals surface area contributed by atoms with Crippen LogP contribution >= 0.6 is 0 Å². The second-order valence-corrected chi connectivity index (χ2v) is 7.31. The highest BCUT2D eigenvalue weighted by Crippen LogP contribution is 2.34. The van der Waals surface area contributed by atoms with Crippen LogP contribution in [0.5, 0.6) is 0 Å². The molecule has 1 fully saturated rings. The summed E-state index contributed by atoms with van der Waals surface area (Å²) < 4.78 is 12.1. The Kier molecular flexibility index (Phi) is 8.42. The standard InChI is InChI=1S/C22H33F/c1-2-3-4-5-6-19-7-9-20(10-8-19)11-12-21-13-15-22(16-14-21)17-18-23/h13-20H,2-12H2,1H3. The summed E-state index contributed by atoms with van der Waals surface area (Å²) in [6.45, 7) is 2.29. The van der Waals surface area contributed by atoms with Gasteiger partial charge in [-0.1, -0.05) is 89.0 Å². The summed E-state index contributed by atoms with van der Waals surface area (Å²) in [7, 11) is 0. The molecule has 1 aromatic rings. The first-order valence-corrected chi connectivity index (χ1v) is 9.67. The topological polar surface area (TPSA) is 0 Å². The van der Waals surface area contributed by atoms with E-state index in [0.29, 0.717) is 6.33 Å². The van der Waals surface area contributed by atoms with Gasteiger partial charge in [0, 0.05) is 0 Å². The fraction of sp³-hybridized carbons (Fsp3) is 0.636. The van der Waals surface area contributed by atoms with Crippen LogP contribution in [-0.2, 0) is 6.42 Å². The molecule has 0 amide bonds. The summed E-state index contributed by atoms with van der Waals surface area (Å²) in [5.74, 6) is 1.93. The summed E-state index contributed by atoms with van der Waals surface area (Å²) in [6, 6.07) is 8.32. The summed E-state index contributed by atoms with van der Waals surface area (Å²) >= 11 is 0. The van der Waals surface area contributed by atoms with Crippen LogP contribution in [0.3, 0.4) is 0 Å². The molecule has 0 saturated heterocycles. The van der Waals surface area contributed by atoms with Gasteiger partial charge in [-0.15, -0.1) is 0 Å². The maximum Gasteiger partial charge on any atom is 0.0872 e.